The molecule has 5 nitrogen and oxygen atoms in total. The fourth-order valence-electron chi connectivity index (χ4n) is 2.99. The molecule has 0 saturated carbocycles. The van der Waals surface area contributed by atoms with E-state index >= 15 is 0 Å². The molecule has 1 fully saturated rings. The van der Waals surface area contributed by atoms with Gasteiger partial charge in [-0.15, -0.1) is 0 Å². The maximum atomic E-state index is 13.7. The number of alkyl halides is 3. The highest BCUT2D eigenvalue weighted by Crippen LogP contribution is 2.33. The fourth-order valence-corrected chi connectivity index (χ4v) is 2.99. The van der Waals surface area contributed by atoms with Gasteiger partial charge in [0.25, 0.3) is 5.91 Å². The second-order valence-electron chi connectivity index (χ2n) is 6.57. The third-order valence-corrected chi connectivity index (χ3v) is 4.57. The summed E-state index contributed by atoms with van der Waals surface area (Å²) in [6.07, 6.45) is -4.49. The third-order valence-electron chi connectivity index (χ3n) is 4.57. The summed E-state index contributed by atoms with van der Waals surface area (Å²) >= 11 is 0. The first-order valence-corrected chi connectivity index (χ1v) is 8.48. The van der Waals surface area contributed by atoms with Crippen molar-refractivity contribution in [2.24, 2.45) is 0 Å². The van der Waals surface area contributed by atoms with Crippen LogP contribution in [0.3, 0.4) is 0 Å². The van der Waals surface area contributed by atoms with Crippen molar-refractivity contribution in [3.05, 3.63) is 71.1 Å². The minimum atomic E-state index is -4.49. The molecule has 0 spiro atoms. The van der Waals surface area contributed by atoms with E-state index in [1.54, 1.807) is 0 Å². The molecule has 1 amide bonds. The van der Waals surface area contributed by atoms with Crippen molar-refractivity contribution in [2.75, 3.05) is 13.1 Å². The van der Waals surface area contributed by atoms with Gasteiger partial charge in [-0.05, 0) is 24.3 Å². The van der Waals surface area contributed by atoms with E-state index in [0.717, 1.165) is 24.3 Å². The molecule has 0 aliphatic carbocycles. The fraction of sp³-hybridized carbons (Fsp3) is 0.211. The maximum Gasteiger partial charge on any atom is 0.416 e. The Morgan fingerprint density at radius 3 is 2.55 bits per heavy atom. The quantitative estimate of drug-likeness (QED) is 0.606. The van der Waals surface area contributed by atoms with Gasteiger partial charge in [-0.2, -0.15) is 18.2 Å². The first-order chi connectivity index (χ1) is 13.7. The normalized spacial score (nSPS) is 14.7. The van der Waals surface area contributed by atoms with Crippen LogP contribution >= 0.6 is 0 Å². The molecule has 1 saturated heterocycles. The predicted molar refractivity (Wildman–Crippen MR) is 89.7 cm³/mol. The molecule has 0 atom stereocenters. The minimum Gasteiger partial charge on any atom is -0.339 e. The summed E-state index contributed by atoms with van der Waals surface area (Å²) in [4.78, 5) is 17.7. The first-order valence-electron chi connectivity index (χ1n) is 8.48. The molecule has 2 heterocycles. The molecule has 0 N–H and O–H groups in total. The van der Waals surface area contributed by atoms with Crippen molar-refractivity contribution < 1.29 is 31.3 Å². The van der Waals surface area contributed by atoms with Gasteiger partial charge >= 0.3 is 6.18 Å². The Hall–Kier alpha value is -3.30. The molecule has 3 aromatic rings. The van der Waals surface area contributed by atoms with E-state index < -0.39 is 29.3 Å². The van der Waals surface area contributed by atoms with E-state index in [1.807, 2.05) is 0 Å². The van der Waals surface area contributed by atoms with Crippen LogP contribution in [0.1, 0.15) is 27.7 Å². The molecule has 0 unspecified atom stereocenters. The van der Waals surface area contributed by atoms with Crippen LogP contribution in [0.25, 0.3) is 11.4 Å². The van der Waals surface area contributed by atoms with Crippen LogP contribution in [0.4, 0.5) is 22.0 Å². The number of hydrogen-bond acceptors (Lipinski definition) is 4. The summed E-state index contributed by atoms with van der Waals surface area (Å²) in [6, 6.07) is 7.22. The molecule has 1 aliphatic rings. The largest absolute Gasteiger partial charge is 0.416 e. The number of halogens is 5. The zero-order chi connectivity index (χ0) is 20.8. The lowest BCUT2D eigenvalue weighted by Gasteiger charge is -2.37. The van der Waals surface area contributed by atoms with Gasteiger partial charge in [0.15, 0.2) is 0 Å². The summed E-state index contributed by atoms with van der Waals surface area (Å²) in [7, 11) is 0. The van der Waals surface area contributed by atoms with E-state index in [1.165, 1.54) is 17.0 Å². The van der Waals surface area contributed by atoms with Crippen molar-refractivity contribution >= 4 is 5.91 Å². The number of rotatable bonds is 3. The van der Waals surface area contributed by atoms with Gasteiger partial charge in [0.05, 0.1) is 17.0 Å². The van der Waals surface area contributed by atoms with Crippen LogP contribution in [0.5, 0.6) is 0 Å². The van der Waals surface area contributed by atoms with Crippen LogP contribution in [0.2, 0.25) is 0 Å². The molecule has 1 aliphatic heterocycles. The molecule has 2 aromatic carbocycles. The van der Waals surface area contributed by atoms with Crippen molar-refractivity contribution in [3.63, 3.8) is 0 Å². The van der Waals surface area contributed by atoms with E-state index in [0.29, 0.717) is 6.07 Å². The summed E-state index contributed by atoms with van der Waals surface area (Å²) in [5, 5.41) is 3.71. The van der Waals surface area contributed by atoms with Crippen LogP contribution in [-0.2, 0) is 6.18 Å². The number of nitrogens with zero attached hydrogens (tertiary/aromatic N) is 3. The zero-order valence-corrected chi connectivity index (χ0v) is 14.6. The SMILES string of the molecule is O=C(c1ccc(F)cc1F)N1CC(c2nc(-c3cccc(C(F)(F)F)c3)no2)C1. The Labute approximate surface area is 160 Å². The summed E-state index contributed by atoms with van der Waals surface area (Å²) in [5.41, 5.74) is -0.932. The third kappa shape index (κ3) is 3.69. The number of benzene rings is 2. The molecule has 0 bridgehead atoms. The van der Waals surface area contributed by atoms with Crippen molar-refractivity contribution in [1.82, 2.24) is 15.0 Å². The highest BCUT2D eigenvalue weighted by Gasteiger charge is 2.37. The highest BCUT2D eigenvalue weighted by molar-refractivity contribution is 5.95. The van der Waals surface area contributed by atoms with Gasteiger partial charge in [0.2, 0.25) is 11.7 Å². The number of carbonyl (C=O) groups is 1. The zero-order valence-electron chi connectivity index (χ0n) is 14.6. The number of carbonyl (C=O) groups excluding carboxylic acids is 1. The average Bonchev–Trinajstić information content (AvgIpc) is 3.09. The number of likely N-dealkylation sites (tertiary alicyclic amines) is 1. The van der Waals surface area contributed by atoms with Crippen molar-refractivity contribution in [1.29, 1.82) is 0 Å². The van der Waals surface area contributed by atoms with E-state index in [2.05, 4.69) is 10.1 Å². The second kappa shape index (κ2) is 6.94. The van der Waals surface area contributed by atoms with E-state index in [9.17, 15) is 26.7 Å². The molecular formula is C19H12F5N3O2. The lowest BCUT2D eigenvalue weighted by Crippen LogP contribution is -2.48. The lowest BCUT2D eigenvalue weighted by atomic mass is 9.98. The van der Waals surface area contributed by atoms with Crippen molar-refractivity contribution in [2.45, 2.75) is 12.1 Å². The predicted octanol–water partition coefficient (Wildman–Crippen LogP) is 4.27. The number of amides is 1. The smallest absolute Gasteiger partial charge is 0.339 e. The van der Waals surface area contributed by atoms with Gasteiger partial charge in [0, 0.05) is 24.7 Å². The van der Waals surface area contributed by atoms with Gasteiger partial charge in [-0.3, -0.25) is 4.79 Å². The second-order valence-corrected chi connectivity index (χ2v) is 6.57. The van der Waals surface area contributed by atoms with Gasteiger partial charge < -0.3 is 9.42 Å². The number of aromatic nitrogens is 2. The van der Waals surface area contributed by atoms with Crippen LogP contribution < -0.4 is 0 Å². The van der Waals surface area contributed by atoms with Crippen LogP contribution in [0.15, 0.2) is 47.0 Å². The van der Waals surface area contributed by atoms with E-state index in [4.69, 9.17) is 4.52 Å². The Kier molecular flexibility index (Phi) is 4.56. The van der Waals surface area contributed by atoms with Gasteiger partial charge in [-0.25, -0.2) is 8.78 Å². The van der Waals surface area contributed by atoms with Crippen molar-refractivity contribution in [3.8, 4) is 11.4 Å². The Morgan fingerprint density at radius 1 is 1.10 bits per heavy atom. The maximum absolute atomic E-state index is 13.7. The Balaban J connectivity index is 1.45. The van der Waals surface area contributed by atoms with E-state index in [-0.39, 0.29) is 41.8 Å². The molecule has 29 heavy (non-hydrogen) atoms. The number of hydrogen-bond donors (Lipinski definition) is 0. The topological polar surface area (TPSA) is 59.2 Å². The molecule has 150 valence electrons. The Morgan fingerprint density at radius 2 is 1.86 bits per heavy atom. The standard InChI is InChI=1S/C19H12F5N3O2/c20-13-4-5-14(15(21)7-13)18(28)27-8-11(9-27)17-25-16(26-29-17)10-2-1-3-12(6-10)19(22,23)24/h1-7,11H,8-9H2. The van der Waals surface area contributed by atoms with Gasteiger partial charge in [0.1, 0.15) is 11.6 Å². The van der Waals surface area contributed by atoms with Crippen LogP contribution in [-0.4, -0.2) is 34.0 Å². The molecule has 1 aromatic heterocycles. The Bertz CT molecular complexity index is 1070. The molecular weight excluding hydrogens is 397 g/mol. The monoisotopic (exact) mass is 409 g/mol. The van der Waals surface area contributed by atoms with Gasteiger partial charge in [-0.1, -0.05) is 17.3 Å². The average molecular weight is 409 g/mol. The summed E-state index contributed by atoms with van der Waals surface area (Å²) < 4.78 is 70.3. The summed E-state index contributed by atoms with van der Waals surface area (Å²) in [6.45, 7) is 0.333. The summed E-state index contributed by atoms with van der Waals surface area (Å²) in [5.74, 6) is -2.50. The lowest BCUT2D eigenvalue weighted by molar-refractivity contribution is -0.137. The molecule has 0 radical (unpaired) electrons. The van der Waals surface area contributed by atoms with Crippen LogP contribution in [0, 0.1) is 11.6 Å². The molecule has 4 rings (SSSR count). The highest BCUT2D eigenvalue weighted by atomic mass is 19.4. The first kappa shape index (κ1) is 19.0. The molecule has 10 heteroatoms. The minimum absolute atomic E-state index is 0.000422.